The van der Waals surface area contributed by atoms with Crippen LogP contribution in [0.3, 0.4) is 0 Å². The van der Waals surface area contributed by atoms with Gasteiger partial charge in [-0.3, -0.25) is 9.59 Å². The largest absolute Gasteiger partial charge is 0.495 e. The molecular formula is C16H17ClN2O4S2. The Balaban J connectivity index is 1.93. The van der Waals surface area contributed by atoms with Gasteiger partial charge in [0.2, 0.25) is 5.91 Å². The summed E-state index contributed by atoms with van der Waals surface area (Å²) in [5.74, 6) is 0.166. The smallest absolute Gasteiger partial charge is 0.311 e. The highest BCUT2D eigenvalue weighted by Gasteiger charge is 2.13. The number of carbonyl (C=O) groups excluding carboxylic acids is 2. The van der Waals surface area contributed by atoms with Crippen LogP contribution >= 0.6 is 34.7 Å². The lowest BCUT2D eigenvalue weighted by molar-refractivity contribution is -0.139. The van der Waals surface area contributed by atoms with Crippen molar-refractivity contribution in [2.45, 2.75) is 17.7 Å². The van der Waals surface area contributed by atoms with Crippen LogP contribution in [0.25, 0.3) is 0 Å². The number of thioether (sulfide) groups is 1. The number of esters is 1. The number of rotatable bonds is 7. The minimum absolute atomic E-state index is 0.126. The first kappa shape index (κ1) is 19.6. The summed E-state index contributed by atoms with van der Waals surface area (Å²) in [5, 5.41) is 5.16. The number of methoxy groups -OCH3 is 2. The van der Waals surface area contributed by atoms with Crippen molar-refractivity contribution < 1.29 is 19.1 Å². The van der Waals surface area contributed by atoms with E-state index in [0.29, 0.717) is 26.5 Å². The molecule has 0 aliphatic heterocycles. The number of benzene rings is 1. The molecule has 0 spiro atoms. The van der Waals surface area contributed by atoms with Gasteiger partial charge >= 0.3 is 5.97 Å². The van der Waals surface area contributed by atoms with Crippen molar-refractivity contribution in [2.24, 2.45) is 0 Å². The monoisotopic (exact) mass is 400 g/mol. The summed E-state index contributed by atoms with van der Waals surface area (Å²) in [4.78, 5) is 27.7. The second-order valence-corrected chi connectivity index (χ2v) is 7.48. The van der Waals surface area contributed by atoms with Crippen LogP contribution in [0.4, 0.5) is 5.69 Å². The molecule has 25 heavy (non-hydrogen) atoms. The first-order chi connectivity index (χ1) is 11.9. The molecule has 0 atom stereocenters. The molecule has 0 saturated heterocycles. The molecule has 9 heteroatoms. The van der Waals surface area contributed by atoms with Gasteiger partial charge in [0.1, 0.15) is 5.75 Å². The van der Waals surface area contributed by atoms with E-state index in [1.54, 1.807) is 17.5 Å². The third kappa shape index (κ3) is 5.62. The number of aryl methyl sites for hydroxylation is 1. The lowest BCUT2D eigenvalue weighted by Crippen LogP contribution is -2.14. The number of hydrogen-bond donors (Lipinski definition) is 1. The lowest BCUT2D eigenvalue weighted by atomic mass is 10.2. The van der Waals surface area contributed by atoms with Gasteiger partial charge in [-0.05, 0) is 18.6 Å². The van der Waals surface area contributed by atoms with Gasteiger partial charge in [0, 0.05) is 16.5 Å². The van der Waals surface area contributed by atoms with Gasteiger partial charge < -0.3 is 14.8 Å². The Morgan fingerprint density at radius 2 is 2.12 bits per heavy atom. The van der Waals surface area contributed by atoms with Crippen LogP contribution < -0.4 is 10.1 Å². The zero-order chi connectivity index (χ0) is 18.4. The number of amides is 1. The predicted octanol–water partition coefficient (Wildman–Crippen LogP) is 3.56. The standard InChI is InChI=1S/C16H17ClN2O4S2/c1-9-4-12(13(22-2)6-11(9)17)19-14(20)8-25-16-18-10(7-24-16)5-15(21)23-3/h4,6-7H,5,8H2,1-3H3,(H,19,20). The van der Waals surface area contributed by atoms with Gasteiger partial charge in [-0.1, -0.05) is 23.4 Å². The summed E-state index contributed by atoms with van der Waals surface area (Å²) in [6.45, 7) is 1.85. The number of nitrogens with one attached hydrogen (secondary N) is 1. The molecule has 2 aromatic rings. The minimum Gasteiger partial charge on any atom is -0.495 e. The van der Waals surface area contributed by atoms with Crippen LogP contribution in [0, 0.1) is 6.92 Å². The van der Waals surface area contributed by atoms with Crippen molar-refractivity contribution in [1.29, 1.82) is 0 Å². The van der Waals surface area contributed by atoms with Crippen molar-refractivity contribution in [3.8, 4) is 5.75 Å². The van der Waals surface area contributed by atoms with E-state index < -0.39 is 0 Å². The molecule has 0 unspecified atom stereocenters. The van der Waals surface area contributed by atoms with E-state index in [-0.39, 0.29) is 24.1 Å². The van der Waals surface area contributed by atoms with E-state index in [1.807, 2.05) is 6.92 Å². The van der Waals surface area contributed by atoms with Gasteiger partial charge in [-0.15, -0.1) is 11.3 Å². The Bertz CT molecular complexity index is 779. The molecule has 0 aliphatic rings. The Morgan fingerprint density at radius 1 is 1.36 bits per heavy atom. The SMILES string of the molecule is COC(=O)Cc1csc(SCC(=O)Nc2cc(C)c(Cl)cc2OC)n1. The summed E-state index contributed by atoms with van der Waals surface area (Å²) < 4.78 is 10.6. The van der Waals surface area contributed by atoms with Crippen molar-refractivity contribution in [2.75, 3.05) is 25.3 Å². The molecule has 0 saturated carbocycles. The molecule has 0 aliphatic carbocycles. The summed E-state index contributed by atoms with van der Waals surface area (Å²) in [6.07, 6.45) is 0.126. The number of ether oxygens (including phenoxy) is 2. The van der Waals surface area contributed by atoms with E-state index in [4.69, 9.17) is 16.3 Å². The molecule has 134 valence electrons. The van der Waals surface area contributed by atoms with Gasteiger partial charge in [0.25, 0.3) is 0 Å². The highest BCUT2D eigenvalue weighted by atomic mass is 35.5. The first-order valence-electron chi connectivity index (χ1n) is 7.21. The minimum atomic E-state index is -0.343. The summed E-state index contributed by atoms with van der Waals surface area (Å²) in [5.41, 5.74) is 2.05. The Hall–Kier alpha value is -1.77. The fourth-order valence-corrected chi connectivity index (χ4v) is 3.70. The zero-order valence-electron chi connectivity index (χ0n) is 13.9. The highest BCUT2D eigenvalue weighted by Crippen LogP contribution is 2.31. The summed E-state index contributed by atoms with van der Waals surface area (Å²) >= 11 is 8.74. The fraction of sp³-hybridized carbons (Fsp3) is 0.312. The second-order valence-electron chi connectivity index (χ2n) is 5.00. The first-order valence-corrected chi connectivity index (χ1v) is 9.45. The molecule has 1 aromatic heterocycles. The van der Waals surface area contributed by atoms with Crippen LogP contribution in [-0.4, -0.2) is 36.8 Å². The number of thiazole rings is 1. The number of anilines is 1. The van der Waals surface area contributed by atoms with Crippen molar-refractivity contribution in [3.05, 3.63) is 33.8 Å². The summed E-state index contributed by atoms with van der Waals surface area (Å²) in [7, 11) is 2.85. The topological polar surface area (TPSA) is 77.5 Å². The highest BCUT2D eigenvalue weighted by molar-refractivity contribution is 8.01. The molecule has 1 amide bonds. The van der Waals surface area contributed by atoms with Crippen molar-refractivity contribution in [1.82, 2.24) is 4.98 Å². The number of halogens is 1. The Labute approximate surface area is 158 Å². The third-order valence-corrected chi connectivity index (χ3v) is 5.64. The summed E-state index contributed by atoms with van der Waals surface area (Å²) in [6, 6.07) is 3.43. The molecule has 0 radical (unpaired) electrons. The number of carbonyl (C=O) groups is 2. The Kier molecular flexibility index (Phi) is 7.10. The molecule has 6 nitrogen and oxygen atoms in total. The molecule has 1 aromatic carbocycles. The van der Waals surface area contributed by atoms with Crippen LogP contribution in [-0.2, 0) is 20.7 Å². The predicted molar refractivity (Wildman–Crippen MR) is 99.9 cm³/mol. The molecule has 1 heterocycles. The maximum absolute atomic E-state index is 12.2. The van der Waals surface area contributed by atoms with Gasteiger partial charge in [0.05, 0.1) is 37.8 Å². The maximum Gasteiger partial charge on any atom is 0.311 e. The molecule has 0 fully saturated rings. The van der Waals surface area contributed by atoms with Crippen LogP contribution in [0.2, 0.25) is 5.02 Å². The zero-order valence-corrected chi connectivity index (χ0v) is 16.3. The molecular weight excluding hydrogens is 384 g/mol. The van der Waals surface area contributed by atoms with Crippen LogP contribution in [0.5, 0.6) is 5.75 Å². The average molecular weight is 401 g/mol. The number of aromatic nitrogens is 1. The Morgan fingerprint density at radius 3 is 2.80 bits per heavy atom. The molecule has 0 bridgehead atoms. The van der Waals surface area contributed by atoms with Crippen LogP contribution in [0.1, 0.15) is 11.3 Å². The van der Waals surface area contributed by atoms with Gasteiger partial charge in [-0.25, -0.2) is 4.98 Å². The fourth-order valence-electron chi connectivity index (χ4n) is 1.90. The van der Waals surface area contributed by atoms with Crippen LogP contribution in [0.15, 0.2) is 21.9 Å². The molecule has 1 N–H and O–H groups in total. The average Bonchev–Trinajstić information content (AvgIpc) is 3.03. The van der Waals surface area contributed by atoms with Gasteiger partial charge in [0.15, 0.2) is 4.34 Å². The van der Waals surface area contributed by atoms with E-state index in [9.17, 15) is 9.59 Å². The van der Waals surface area contributed by atoms with Crippen molar-refractivity contribution in [3.63, 3.8) is 0 Å². The van der Waals surface area contributed by atoms with E-state index in [2.05, 4.69) is 15.0 Å². The maximum atomic E-state index is 12.2. The van der Waals surface area contributed by atoms with E-state index >= 15 is 0 Å². The van der Waals surface area contributed by atoms with E-state index in [1.165, 1.54) is 37.3 Å². The van der Waals surface area contributed by atoms with Gasteiger partial charge in [-0.2, -0.15) is 0 Å². The number of hydrogen-bond acceptors (Lipinski definition) is 7. The third-order valence-electron chi connectivity index (χ3n) is 3.17. The molecule has 2 rings (SSSR count). The quantitative estimate of drug-likeness (QED) is 0.565. The second kappa shape index (κ2) is 9.07. The van der Waals surface area contributed by atoms with Crippen molar-refractivity contribution >= 4 is 52.3 Å². The van der Waals surface area contributed by atoms with E-state index in [0.717, 1.165) is 5.56 Å². The lowest BCUT2D eigenvalue weighted by Gasteiger charge is -2.12. The number of nitrogens with zero attached hydrogens (tertiary/aromatic N) is 1. The normalized spacial score (nSPS) is 10.4.